The number of hydrogen-bond acceptors (Lipinski definition) is 3. The van der Waals surface area contributed by atoms with Gasteiger partial charge in [0.05, 0.1) is 15.6 Å². The van der Waals surface area contributed by atoms with Crippen molar-refractivity contribution in [1.29, 1.82) is 0 Å². The van der Waals surface area contributed by atoms with Gasteiger partial charge in [0.1, 0.15) is 4.90 Å². The molecular formula is C12H12Cl3NO3S. The fourth-order valence-corrected chi connectivity index (χ4v) is 3.97. The number of halogens is 3. The summed E-state index contributed by atoms with van der Waals surface area (Å²) in [6.07, 6.45) is 2.94. The van der Waals surface area contributed by atoms with E-state index in [4.69, 9.17) is 33.9 Å². The number of likely N-dealkylation sites (tertiary alicyclic amines) is 1. The minimum atomic E-state index is -4.03. The Bertz CT molecular complexity index is 640. The second kappa shape index (κ2) is 6.10. The number of rotatable bonds is 2. The number of amides is 1. The number of nitrogens with zero attached hydrogens (tertiary/aromatic N) is 1. The summed E-state index contributed by atoms with van der Waals surface area (Å²) in [6, 6.07) is 2.37. The normalized spacial score (nSPS) is 16.2. The van der Waals surface area contributed by atoms with Crippen LogP contribution in [-0.4, -0.2) is 32.3 Å². The molecule has 1 saturated heterocycles. The highest BCUT2D eigenvalue weighted by Gasteiger charge is 2.24. The molecule has 0 spiro atoms. The summed E-state index contributed by atoms with van der Waals surface area (Å²) in [5.41, 5.74) is 0.109. The van der Waals surface area contributed by atoms with Crippen molar-refractivity contribution >= 4 is 48.8 Å². The summed E-state index contributed by atoms with van der Waals surface area (Å²) >= 11 is 11.8. The first-order valence-corrected chi connectivity index (χ1v) is 9.10. The predicted molar refractivity (Wildman–Crippen MR) is 79.3 cm³/mol. The van der Waals surface area contributed by atoms with Gasteiger partial charge in [0.25, 0.3) is 15.0 Å². The van der Waals surface area contributed by atoms with Crippen LogP contribution in [0, 0.1) is 0 Å². The van der Waals surface area contributed by atoms with E-state index in [2.05, 4.69) is 0 Å². The Kier molecular flexibility index (Phi) is 4.84. The van der Waals surface area contributed by atoms with Crippen LogP contribution in [0.2, 0.25) is 10.0 Å². The molecule has 1 aliphatic heterocycles. The van der Waals surface area contributed by atoms with E-state index in [-0.39, 0.29) is 26.4 Å². The fraction of sp³-hybridized carbons (Fsp3) is 0.417. The summed E-state index contributed by atoms with van der Waals surface area (Å²) in [5, 5.41) is 0.0230. The number of piperidine rings is 1. The van der Waals surface area contributed by atoms with Gasteiger partial charge in [0.2, 0.25) is 0 Å². The fourth-order valence-electron chi connectivity index (χ4n) is 2.15. The second-order valence-electron chi connectivity index (χ2n) is 4.55. The zero-order valence-corrected chi connectivity index (χ0v) is 13.5. The van der Waals surface area contributed by atoms with Crippen LogP contribution in [0.4, 0.5) is 0 Å². The van der Waals surface area contributed by atoms with Gasteiger partial charge in [-0.05, 0) is 31.4 Å². The average molecular weight is 357 g/mol. The molecule has 2 rings (SSSR count). The molecule has 0 radical (unpaired) electrons. The minimum absolute atomic E-state index is 0.0970. The van der Waals surface area contributed by atoms with E-state index in [1.807, 2.05) is 0 Å². The molecule has 0 N–H and O–H groups in total. The Morgan fingerprint density at radius 1 is 1.05 bits per heavy atom. The van der Waals surface area contributed by atoms with Crippen molar-refractivity contribution in [2.75, 3.05) is 13.1 Å². The third-order valence-electron chi connectivity index (χ3n) is 3.16. The maximum absolute atomic E-state index is 12.4. The van der Waals surface area contributed by atoms with E-state index in [0.29, 0.717) is 13.1 Å². The minimum Gasteiger partial charge on any atom is -0.339 e. The van der Waals surface area contributed by atoms with Gasteiger partial charge in [-0.2, -0.15) is 0 Å². The van der Waals surface area contributed by atoms with Crippen molar-refractivity contribution in [3.8, 4) is 0 Å². The first kappa shape index (κ1) is 15.9. The summed E-state index contributed by atoms with van der Waals surface area (Å²) in [7, 11) is 1.27. The van der Waals surface area contributed by atoms with Gasteiger partial charge in [-0.1, -0.05) is 23.2 Å². The zero-order valence-electron chi connectivity index (χ0n) is 10.4. The summed E-state index contributed by atoms with van der Waals surface area (Å²) in [4.78, 5) is 13.7. The lowest BCUT2D eigenvalue weighted by Gasteiger charge is -2.27. The van der Waals surface area contributed by atoms with Crippen molar-refractivity contribution in [3.05, 3.63) is 27.7 Å². The van der Waals surface area contributed by atoms with Crippen molar-refractivity contribution in [1.82, 2.24) is 4.90 Å². The highest BCUT2D eigenvalue weighted by molar-refractivity contribution is 8.13. The molecule has 1 amide bonds. The first-order chi connectivity index (χ1) is 9.30. The first-order valence-electron chi connectivity index (χ1n) is 6.03. The van der Waals surface area contributed by atoms with Crippen LogP contribution < -0.4 is 0 Å². The molecule has 1 aliphatic rings. The van der Waals surface area contributed by atoms with Crippen molar-refractivity contribution < 1.29 is 13.2 Å². The molecule has 4 nitrogen and oxygen atoms in total. The van der Waals surface area contributed by atoms with E-state index in [0.717, 1.165) is 25.3 Å². The van der Waals surface area contributed by atoms with E-state index in [1.54, 1.807) is 4.90 Å². The Morgan fingerprint density at radius 2 is 1.65 bits per heavy atom. The van der Waals surface area contributed by atoms with Gasteiger partial charge in [-0.25, -0.2) is 8.42 Å². The summed E-state index contributed by atoms with van der Waals surface area (Å²) < 4.78 is 22.9. The van der Waals surface area contributed by atoms with E-state index in [1.165, 1.54) is 6.07 Å². The van der Waals surface area contributed by atoms with Crippen LogP contribution in [0.15, 0.2) is 17.0 Å². The largest absolute Gasteiger partial charge is 0.339 e. The van der Waals surface area contributed by atoms with Gasteiger partial charge in [0, 0.05) is 23.8 Å². The molecule has 1 aromatic carbocycles. The maximum Gasteiger partial charge on any atom is 0.262 e. The third kappa shape index (κ3) is 3.39. The molecular weight excluding hydrogens is 345 g/mol. The molecule has 0 aromatic heterocycles. The van der Waals surface area contributed by atoms with Crippen LogP contribution in [0.25, 0.3) is 0 Å². The number of hydrogen-bond donors (Lipinski definition) is 0. The van der Waals surface area contributed by atoms with E-state index in [9.17, 15) is 13.2 Å². The van der Waals surface area contributed by atoms with Gasteiger partial charge in [0.15, 0.2) is 0 Å². The van der Waals surface area contributed by atoms with Crippen molar-refractivity contribution in [2.45, 2.75) is 24.2 Å². The molecule has 20 heavy (non-hydrogen) atoms. The summed E-state index contributed by atoms with van der Waals surface area (Å²) in [5.74, 6) is -0.298. The van der Waals surface area contributed by atoms with E-state index < -0.39 is 9.05 Å². The molecule has 0 aliphatic carbocycles. The van der Waals surface area contributed by atoms with Gasteiger partial charge in [-0.15, -0.1) is 0 Å². The molecule has 1 heterocycles. The Morgan fingerprint density at radius 3 is 2.20 bits per heavy atom. The van der Waals surface area contributed by atoms with Crippen LogP contribution in [-0.2, 0) is 9.05 Å². The van der Waals surface area contributed by atoms with Crippen LogP contribution in [0.3, 0.4) is 0 Å². The molecule has 8 heteroatoms. The SMILES string of the molecule is O=C(c1cc(S(=O)(=O)Cl)c(Cl)cc1Cl)N1CCCCC1. The maximum atomic E-state index is 12.4. The number of benzene rings is 1. The van der Waals surface area contributed by atoms with Gasteiger partial charge < -0.3 is 4.90 Å². The molecule has 1 aromatic rings. The Labute approximate surface area is 132 Å². The lowest BCUT2D eigenvalue weighted by molar-refractivity contribution is 0.0724. The molecule has 0 atom stereocenters. The number of carbonyl (C=O) groups is 1. The predicted octanol–water partition coefficient (Wildman–Crippen LogP) is 3.55. The van der Waals surface area contributed by atoms with Gasteiger partial charge in [-0.3, -0.25) is 4.79 Å². The molecule has 0 bridgehead atoms. The van der Waals surface area contributed by atoms with Crippen molar-refractivity contribution in [2.24, 2.45) is 0 Å². The Hall–Kier alpha value is -0.490. The zero-order chi connectivity index (χ0) is 14.9. The molecule has 110 valence electrons. The Balaban J connectivity index is 2.43. The lowest BCUT2D eigenvalue weighted by atomic mass is 10.1. The molecule has 0 saturated carbocycles. The van der Waals surface area contributed by atoms with E-state index >= 15 is 0 Å². The second-order valence-corrected chi connectivity index (χ2v) is 7.90. The monoisotopic (exact) mass is 355 g/mol. The topological polar surface area (TPSA) is 54.5 Å². The highest BCUT2D eigenvalue weighted by Crippen LogP contribution is 2.31. The van der Waals surface area contributed by atoms with Gasteiger partial charge >= 0.3 is 0 Å². The molecule has 1 fully saturated rings. The van der Waals surface area contributed by atoms with Crippen molar-refractivity contribution in [3.63, 3.8) is 0 Å². The van der Waals surface area contributed by atoms with Crippen LogP contribution in [0.5, 0.6) is 0 Å². The smallest absolute Gasteiger partial charge is 0.262 e. The van der Waals surface area contributed by atoms with Crippen LogP contribution in [0.1, 0.15) is 29.6 Å². The highest BCUT2D eigenvalue weighted by atomic mass is 35.7. The standard InChI is InChI=1S/C12H12Cl3NO3S/c13-9-7-10(14)11(20(15,18)19)6-8(9)12(17)16-4-2-1-3-5-16/h6-7H,1-5H2. The molecule has 0 unspecified atom stereocenters. The summed E-state index contributed by atoms with van der Waals surface area (Å²) in [6.45, 7) is 1.28. The lowest BCUT2D eigenvalue weighted by Crippen LogP contribution is -2.35. The average Bonchev–Trinajstić information content (AvgIpc) is 2.37. The van der Waals surface area contributed by atoms with Crippen LogP contribution >= 0.6 is 33.9 Å². The quantitative estimate of drug-likeness (QED) is 0.762. The number of carbonyl (C=O) groups excluding carboxylic acids is 1. The third-order valence-corrected chi connectivity index (χ3v) is 5.26.